The first-order chi connectivity index (χ1) is 17.9. The summed E-state index contributed by atoms with van der Waals surface area (Å²) in [6.07, 6.45) is 0.626. The van der Waals surface area contributed by atoms with Crippen molar-refractivity contribution in [2.75, 3.05) is 39.2 Å². The van der Waals surface area contributed by atoms with Crippen molar-refractivity contribution in [1.82, 2.24) is 10.2 Å². The number of anilines is 1. The Hall–Kier alpha value is -3.91. The molecular formula is C28H30ClN3O5. The third kappa shape index (κ3) is 5.91. The summed E-state index contributed by atoms with van der Waals surface area (Å²) in [6.45, 7) is 3.12. The molecule has 1 atom stereocenters. The second-order valence-corrected chi connectivity index (χ2v) is 8.85. The molecule has 194 valence electrons. The van der Waals surface area contributed by atoms with Crippen molar-refractivity contribution in [1.29, 1.82) is 0 Å². The minimum atomic E-state index is -0.447. The van der Waals surface area contributed by atoms with Gasteiger partial charge in [0.2, 0.25) is 0 Å². The van der Waals surface area contributed by atoms with E-state index in [1.165, 1.54) is 0 Å². The van der Waals surface area contributed by atoms with Crippen molar-refractivity contribution in [3.05, 3.63) is 82.4 Å². The SMILES string of the molecule is CCOc1ccc(NC(=O)N2CCc3cc(OC)c(OC)cc3[C@@H]2CNC(=O)c2ccccc2Cl)cc1. The van der Waals surface area contributed by atoms with Crippen molar-refractivity contribution in [3.8, 4) is 17.2 Å². The van der Waals surface area contributed by atoms with Crippen LogP contribution < -0.4 is 24.8 Å². The number of carbonyl (C=O) groups is 2. The van der Waals surface area contributed by atoms with Gasteiger partial charge >= 0.3 is 6.03 Å². The number of carbonyl (C=O) groups excluding carboxylic acids is 2. The molecule has 3 aromatic rings. The van der Waals surface area contributed by atoms with E-state index in [-0.39, 0.29) is 18.5 Å². The molecule has 0 bridgehead atoms. The highest BCUT2D eigenvalue weighted by atomic mass is 35.5. The molecule has 37 heavy (non-hydrogen) atoms. The van der Waals surface area contributed by atoms with Crippen LogP contribution in [-0.2, 0) is 6.42 Å². The van der Waals surface area contributed by atoms with Gasteiger partial charge < -0.3 is 29.7 Å². The van der Waals surface area contributed by atoms with E-state index in [2.05, 4.69) is 10.6 Å². The first kappa shape index (κ1) is 26.2. The molecule has 0 aromatic heterocycles. The van der Waals surface area contributed by atoms with Crippen LogP contribution >= 0.6 is 11.6 Å². The van der Waals surface area contributed by atoms with Gasteiger partial charge in [-0.15, -0.1) is 0 Å². The Bertz CT molecular complexity index is 1270. The number of urea groups is 1. The maximum absolute atomic E-state index is 13.4. The van der Waals surface area contributed by atoms with Gasteiger partial charge in [0.15, 0.2) is 11.5 Å². The highest BCUT2D eigenvalue weighted by Gasteiger charge is 2.33. The first-order valence-corrected chi connectivity index (χ1v) is 12.4. The van der Waals surface area contributed by atoms with Gasteiger partial charge in [-0.2, -0.15) is 0 Å². The maximum atomic E-state index is 13.4. The third-order valence-corrected chi connectivity index (χ3v) is 6.58. The summed E-state index contributed by atoms with van der Waals surface area (Å²) in [5, 5.41) is 6.28. The number of fused-ring (bicyclic) bond motifs is 1. The Morgan fingerprint density at radius 3 is 2.41 bits per heavy atom. The molecule has 1 aliphatic heterocycles. The van der Waals surface area contributed by atoms with E-state index in [1.54, 1.807) is 55.5 Å². The van der Waals surface area contributed by atoms with Crippen LogP contribution in [0.2, 0.25) is 5.02 Å². The zero-order chi connectivity index (χ0) is 26.4. The summed E-state index contributed by atoms with van der Waals surface area (Å²) < 4.78 is 16.5. The van der Waals surface area contributed by atoms with Gasteiger partial charge in [-0.1, -0.05) is 23.7 Å². The molecular weight excluding hydrogens is 494 g/mol. The molecule has 1 aliphatic rings. The number of benzene rings is 3. The highest BCUT2D eigenvalue weighted by molar-refractivity contribution is 6.33. The third-order valence-electron chi connectivity index (χ3n) is 6.25. The average molecular weight is 524 g/mol. The number of nitrogens with one attached hydrogen (secondary N) is 2. The number of ether oxygens (including phenoxy) is 3. The lowest BCUT2D eigenvalue weighted by atomic mass is 9.91. The predicted octanol–water partition coefficient (Wildman–Crippen LogP) is 5.32. The molecule has 0 saturated carbocycles. The molecule has 0 radical (unpaired) electrons. The van der Waals surface area contributed by atoms with E-state index in [1.807, 2.05) is 31.2 Å². The molecule has 1 heterocycles. The summed E-state index contributed by atoms with van der Waals surface area (Å²) in [4.78, 5) is 28.1. The van der Waals surface area contributed by atoms with Crippen molar-refractivity contribution < 1.29 is 23.8 Å². The monoisotopic (exact) mass is 523 g/mol. The normalized spacial score (nSPS) is 14.4. The van der Waals surface area contributed by atoms with Crippen LogP contribution in [0.4, 0.5) is 10.5 Å². The molecule has 3 aromatic carbocycles. The Morgan fingerprint density at radius 1 is 1.03 bits per heavy atom. The Labute approximate surface area is 221 Å². The predicted molar refractivity (Wildman–Crippen MR) is 143 cm³/mol. The Kier molecular flexibility index (Phi) is 8.40. The largest absolute Gasteiger partial charge is 0.494 e. The van der Waals surface area contributed by atoms with Gasteiger partial charge in [0.25, 0.3) is 5.91 Å². The van der Waals surface area contributed by atoms with Crippen molar-refractivity contribution >= 4 is 29.2 Å². The molecule has 0 saturated heterocycles. The second-order valence-electron chi connectivity index (χ2n) is 8.44. The zero-order valence-electron chi connectivity index (χ0n) is 21.0. The molecule has 3 amide bonds. The first-order valence-electron chi connectivity index (χ1n) is 12.0. The minimum absolute atomic E-state index is 0.184. The van der Waals surface area contributed by atoms with Crippen LogP contribution in [0, 0.1) is 0 Å². The number of hydrogen-bond donors (Lipinski definition) is 2. The van der Waals surface area contributed by atoms with Crippen LogP contribution in [0.1, 0.15) is 34.5 Å². The van der Waals surface area contributed by atoms with Gasteiger partial charge in [-0.3, -0.25) is 4.79 Å². The zero-order valence-corrected chi connectivity index (χ0v) is 21.8. The molecule has 0 unspecified atom stereocenters. The van der Waals surface area contributed by atoms with E-state index in [0.29, 0.717) is 47.3 Å². The van der Waals surface area contributed by atoms with Gasteiger partial charge in [0.05, 0.1) is 37.5 Å². The van der Waals surface area contributed by atoms with E-state index in [4.69, 9.17) is 25.8 Å². The molecule has 8 nitrogen and oxygen atoms in total. The Morgan fingerprint density at radius 2 is 1.73 bits per heavy atom. The van der Waals surface area contributed by atoms with Gasteiger partial charge in [-0.05, 0) is 73.0 Å². The number of amides is 3. The summed E-state index contributed by atoms with van der Waals surface area (Å²) in [5.41, 5.74) is 2.92. The standard InChI is InChI=1S/C28H30ClN3O5/c1-4-37-20-11-9-19(10-12-20)31-28(34)32-14-13-18-15-25(35-2)26(36-3)16-22(18)24(32)17-30-27(33)21-7-5-6-8-23(21)29/h5-12,15-16,24H,4,13-14,17H2,1-3H3,(H,30,33)(H,31,34)/t24-/m0/s1. The molecule has 2 N–H and O–H groups in total. The topological polar surface area (TPSA) is 89.1 Å². The lowest BCUT2D eigenvalue weighted by Crippen LogP contribution is -2.46. The van der Waals surface area contributed by atoms with Crippen LogP contribution in [-0.4, -0.2) is 50.8 Å². The molecule has 4 rings (SSSR count). The van der Waals surface area contributed by atoms with Crippen LogP contribution in [0.25, 0.3) is 0 Å². The number of methoxy groups -OCH3 is 2. The number of nitrogens with zero attached hydrogens (tertiary/aromatic N) is 1. The van der Waals surface area contributed by atoms with E-state index in [0.717, 1.165) is 16.9 Å². The molecule has 9 heteroatoms. The fourth-order valence-corrected chi connectivity index (χ4v) is 4.64. The number of halogens is 1. The van der Waals surface area contributed by atoms with Crippen LogP contribution in [0.5, 0.6) is 17.2 Å². The van der Waals surface area contributed by atoms with Crippen molar-refractivity contribution in [2.45, 2.75) is 19.4 Å². The van der Waals surface area contributed by atoms with E-state index >= 15 is 0 Å². The van der Waals surface area contributed by atoms with Crippen molar-refractivity contribution in [3.63, 3.8) is 0 Å². The lowest BCUT2D eigenvalue weighted by molar-refractivity contribution is 0.0936. The van der Waals surface area contributed by atoms with Crippen molar-refractivity contribution in [2.24, 2.45) is 0 Å². The van der Waals surface area contributed by atoms with Gasteiger partial charge in [0.1, 0.15) is 5.75 Å². The fraction of sp³-hybridized carbons (Fsp3) is 0.286. The number of hydrogen-bond acceptors (Lipinski definition) is 5. The molecule has 0 spiro atoms. The fourth-order valence-electron chi connectivity index (χ4n) is 4.42. The van der Waals surface area contributed by atoms with E-state index < -0.39 is 6.04 Å². The van der Waals surface area contributed by atoms with E-state index in [9.17, 15) is 9.59 Å². The van der Waals surface area contributed by atoms with Gasteiger partial charge in [0, 0.05) is 18.8 Å². The molecule has 0 fully saturated rings. The summed E-state index contributed by atoms with van der Waals surface area (Å²) >= 11 is 6.22. The minimum Gasteiger partial charge on any atom is -0.494 e. The summed E-state index contributed by atoms with van der Waals surface area (Å²) in [6, 6.07) is 17.1. The average Bonchev–Trinajstić information content (AvgIpc) is 2.92. The van der Waals surface area contributed by atoms with Gasteiger partial charge in [-0.25, -0.2) is 4.79 Å². The number of rotatable bonds is 8. The van der Waals surface area contributed by atoms with Crippen LogP contribution in [0.3, 0.4) is 0 Å². The highest BCUT2D eigenvalue weighted by Crippen LogP contribution is 2.38. The van der Waals surface area contributed by atoms with Crippen LogP contribution in [0.15, 0.2) is 60.7 Å². The maximum Gasteiger partial charge on any atom is 0.322 e. The summed E-state index contributed by atoms with van der Waals surface area (Å²) in [7, 11) is 3.16. The summed E-state index contributed by atoms with van der Waals surface area (Å²) in [5.74, 6) is 1.59. The lowest BCUT2D eigenvalue weighted by Gasteiger charge is -2.38. The molecule has 0 aliphatic carbocycles. The second kappa shape index (κ2) is 11.9. The quantitative estimate of drug-likeness (QED) is 0.417. The smallest absolute Gasteiger partial charge is 0.322 e. The Balaban J connectivity index is 1.60.